The van der Waals surface area contributed by atoms with Gasteiger partial charge < -0.3 is 8.83 Å². The number of H-pyrrole nitrogens is 1. The Labute approximate surface area is 120 Å². The molecule has 2 aromatic heterocycles. The molecular weight excluding hydrogens is 270 g/mol. The Morgan fingerprint density at radius 1 is 1.00 bits per heavy atom. The quantitative estimate of drug-likeness (QED) is 0.644. The third-order valence-electron chi connectivity index (χ3n) is 3.78. The first-order valence-electron chi connectivity index (χ1n) is 7.34. The highest BCUT2D eigenvalue weighted by Crippen LogP contribution is 2.30. The van der Waals surface area contributed by atoms with Crippen LogP contribution in [0.15, 0.2) is 30.6 Å². The molecule has 4 rings (SSSR count). The number of nitrogens with one attached hydrogen (secondary N) is 1. The van der Waals surface area contributed by atoms with Crippen LogP contribution in [0.2, 0.25) is 0 Å². The van der Waals surface area contributed by atoms with Gasteiger partial charge >= 0.3 is 11.4 Å². The zero-order valence-electron chi connectivity index (χ0n) is 12.1. The number of aryl methyl sites for hydroxylation is 1. The Bertz CT molecular complexity index is 914. The highest BCUT2D eigenvalue weighted by Gasteiger charge is 2.20. The van der Waals surface area contributed by atoms with E-state index in [9.17, 15) is 9.59 Å². The minimum Gasteiger partial charge on any atom is -0.420 e. The first-order valence-corrected chi connectivity index (χ1v) is 7.34. The van der Waals surface area contributed by atoms with Crippen LogP contribution in [0.4, 0.5) is 0 Å². The molecule has 0 atom stereocenters. The topological polar surface area (TPSA) is 76.2 Å². The number of benzene rings is 1. The lowest BCUT2D eigenvalue weighted by atomic mass is 9.90. The molecule has 0 bridgehead atoms. The van der Waals surface area contributed by atoms with Gasteiger partial charge in [0, 0.05) is 10.9 Å². The zero-order chi connectivity index (χ0) is 15.0. The molecular formula is C16H17NO4. The van der Waals surface area contributed by atoms with Crippen molar-refractivity contribution in [1.82, 2.24) is 4.98 Å². The van der Waals surface area contributed by atoms with Crippen molar-refractivity contribution in [2.24, 2.45) is 0 Å². The summed E-state index contributed by atoms with van der Waals surface area (Å²) in [6.45, 7) is 4.00. The maximum absolute atomic E-state index is 12.0. The van der Waals surface area contributed by atoms with Crippen molar-refractivity contribution in [3.8, 4) is 0 Å². The highest BCUT2D eigenvalue weighted by molar-refractivity contribution is 6.00. The fraction of sp³-hybridized carbons (Fsp3) is 0.375. The van der Waals surface area contributed by atoms with Gasteiger partial charge in [-0.3, -0.25) is 4.98 Å². The lowest BCUT2D eigenvalue weighted by Crippen LogP contribution is -2.15. The molecule has 3 aromatic rings. The molecule has 1 N–H and O–H groups in total. The van der Waals surface area contributed by atoms with Gasteiger partial charge in [0.2, 0.25) is 0 Å². The van der Waals surface area contributed by atoms with Crippen molar-refractivity contribution in [3.05, 3.63) is 44.2 Å². The van der Waals surface area contributed by atoms with Gasteiger partial charge in [-0.2, -0.15) is 0 Å². The second kappa shape index (κ2) is 5.24. The van der Waals surface area contributed by atoms with Gasteiger partial charge in [-0.15, -0.1) is 0 Å². The second-order valence-electron chi connectivity index (χ2n) is 4.88. The molecule has 1 aliphatic rings. The van der Waals surface area contributed by atoms with Crippen molar-refractivity contribution in [2.45, 2.75) is 39.5 Å². The van der Waals surface area contributed by atoms with Crippen LogP contribution in [-0.4, -0.2) is 4.98 Å². The molecule has 0 amide bonds. The molecule has 1 aromatic carbocycles. The number of oxazole rings is 1. The van der Waals surface area contributed by atoms with E-state index in [-0.39, 0.29) is 5.63 Å². The highest BCUT2D eigenvalue weighted by atomic mass is 16.4. The van der Waals surface area contributed by atoms with Crippen molar-refractivity contribution in [1.29, 1.82) is 0 Å². The summed E-state index contributed by atoms with van der Waals surface area (Å²) in [6.07, 6.45) is 3.75. The maximum Gasteiger partial charge on any atom is 0.417 e. The van der Waals surface area contributed by atoms with Crippen LogP contribution in [0, 0.1) is 0 Å². The normalized spacial score (nSPS) is 13.8. The molecule has 0 saturated heterocycles. The zero-order valence-corrected chi connectivity index (χ0v) is 12.1. The monoisotopic (exact) mass is 287 g/mol. The minimum absolute atomic E-state index is 0.295. The SMILES string of the molecule is CC.O=c1[nH]c2c(ccc3c4c(c(=O)oc32)CCCC4)o1. The lowest BCUT2D eigenvalue weighted by molar-refractivity contribution is 0.535. The average molecular weight is 287 g/mol. The molecule has 0 fully saturated rings. The predicted molar refractivity (Wildman–Crippen MR) is 80.9 cm³/mol. The number of hydrogen-bond acceptors (Lipinski definition) is 4. The van der Waals surface area contributed by atoms with Gasteiger partial charge in [0.25, 0.3) is 0 Å². The number of aromatic nitrogens is 1. The summed E-state index contributed by atoms with van der Waals surface area (Å²) < 4.78 is 10.4. The summed E-state index contributed by atoms with van der Waals surface area (Å²) in [5, 5.41) is 0.902. The average Bonchev–Trinajstić information content (AvgIpc) is 2.90. The van der Waals surface area contributed by atoms with Crippen LogP contribution in [0.5, 0.6) is 0 Å². The summed E-state index contributed by atoms with van der Waals surface area (Å²) in [4.78, 5) is 25.9. The Balaban J connectivity index is 0.000000636. The summed E-state index contributed by atoms with van der Waals surface area (Å²) in [6, 6.07) is 3.60. The predicted octanol–water partition coefficient (Wildman–Crippen LogP) is 3.13. The molecule has 21 heavy (non-hydrogen) atoms. The van der Waals surface area contributed by atoms with Crippen LogP contribution < -0.4 is 11.4 Å². The van der Waals surface area contributed by atoms with Gasteiger partial charge in [-0.1, -0.05) is 13.8 Å². The van der Waals surface area contributed by atoms with Gasteiger partial charge in [0.1, 0.15) is 5.52 Å². The summed E-state index contributed by atoms with van der Waals surface area (Å²) in [7, 11) is 0. The number of rotatable bonds is 0. The van der Waals surface area contributed by atoms with Crippen molar-refractivity contribution < 1.29 is 8.83 Å². The Morgan fingerprint density at radius 3 is 2.48 bits per heavy atom. The van der Waals surface area contributed by atoms with Gasteiger partial charge in [-0.05, 0) is 43.4 Å². The second-order valence-corrected chi connectivity index (χ2v) is 4.88. The van der Waals surface area contributed by atoms with Crippen LogP contribution in [0.25, 0.3) is 22.1 Å². The van der Waals surface area contributed by atoms with Gasteiger partial charge in [0.05, 0.1) is 0 Å². The summed E-state index contributed by atoms with van der Waals surface area (Å²) in [5.41, 5.74) is 2.85. The van der Waals surface area contributed by atoms with Gasteiger partial charge in [-0.25, -0.2) is 9.59 Å². The largest absolute Gasteiger partial charge is 0.420 e. The molecule has 5 nitrogen and oxygen atoms in total. The fourth-order valence-corrected chi connectivity index (χ4v) is 2.92. The van der Waals surface area contributed by atoms with Crippen LogP contribution in [0.1, 0.15) is 37.8 Å². The lowest BCUT2D eigenvalue weighted by Gasteiger charge is -2.15. The van der Waals surface area contributed by atoms with E-state index in [1.54, 1.807) is 6.07 Å². The molecule has 0 spiro atoms. The fourth-order valence-electron chi connectivity index (χ4n) is 2.92. The summed E-state index contributed by atoms with van der Waals surface area (Å²) in [5.74, 6) is -0.539. The first kappa shape index (κ1) is 13.7. The standard InChI is InChI=1S/C14H11NO4.C2H6/c16-13-9-4-2-1-3-7(9)8-5-6-10-11(12(8)19-13)15-14(17)18-10;1-2/h5-6H,1-4H2,(H,15,17);1-2H3. The molecule has 0 saturated carbocycles. The first-order chi connectivity index (χ1) is 10.2. The van der Waals surface area contributed by atoms with E-state index >= 15 is 0 Å². The summed E-state index contributed by atoms with van der Waals surface area (Å²) >= 11 is 0. The third-order valence-corrected chi connectivity index (χ3v) is 3.78. The third kappa shape index (κ3) is 2.09. The van der Waals surface area contributed by atoms with E-state index in [1.165, 1.54) is 0 Å². The molecule has 5 heteroatoms. The molecule has 2 heterocycles. The van der Waals surface area contributed by atoms with E-state index in [0.717, 1.165) is 42.2 Å². The maximum atomic E-state index is 12.0. The number of aromatic amines is 1. The minimum atomic E-state index is -0.539. The van der Waals surface area contributed by atoms with E-state index in [4.69, 9.17) is 8.83 Å². The van der Waals surface area contributed by atoms with Crippen molar-refractivity contribution in [3.63, 3.8) is 0 Å². The molecule has 0 unspecified atom stereocenters. The van der Waals surface area contributed by atoms with E-state index in [2.05, 4.69) is 4.98 Å². The smallest absolute Gasteiger partial charge is 0.417 e. The Kier molecular flexibility index (Phi) is 3.41. The van der Waals surface area contributed by atoms with Gasteiger partial charge in [0.15, 0.2) is 11.2 Å². The van der Waals surface area contributed by atoms with E-state index in [0.29, 0.717) is 16.7 Å². The van der Waals surface area contributed by atoms with Crippen LogP contribution in [0.3, 0.4) is 0 Å². The molecule has 0 aliphatic heterocycles. The van der Waals surface area contributed by atoms with E-state index in [1.807, 2.05) is 19.9 Å². The molecule has 110 valence electrons. The molecule has 0 radical (unpaired) electrons. The van der Waals surface area contributed by atoms with Crippen molar-refractivity contribution >= 4 is 22.1 Å². The van der Waals surface area contributed by atoms with E-state index < -0.39 is 5.76 Å². The molecule has 1 aliphatic carbocycles. The Morgan fingerprint density at radius 2 is 1.71 bits per heavy atom. The van der Waals surface area contributed by atoms with Crippen LogP contribution >= 0.6 is 0 Å². The Hall–Kier alpha value is -2.30. The van der Waals surface area contributed by atoms with Crippen molar-refractivity contribution in [2.75, 3.05) is 0 Å². The number of fused-ring (bicyclic) bond motifs is 5. The number of hydrogen-bond donors (Lipinski definition) is 1. The van der Waals surface area contributed by atoms with Crippen LogP contribution in [-0.2, 0) is 12.8 Å².